The summed E-state index contributed by atoms with van der Waals surface area (Å²) in [4.78, 5) is 23.6. The van der Waals surface area contributed by atoms with Crippen molar-refractivity contribution in [2.75, 3.05) is 30.1 Å². The molecular weight excluding hydrogens is 414 g/mol. The van der Waals surface area contributed by atoms with Crippen LogP contribution in [0, 0.1) is 10.1 Å². The summed E-state index contributed by atoms with van der Waals surface area (Å²) in [5.41, 5.74) is -0.0708. The number of nitrogens with zero attached hydrogens (tertiary/aromatic N) is 2. The van der Waals surface area contributed by atoms with Crippen molar-refractivity contribution in [1.82, 2.24) is 0 Å². The fourth-order valence-electron chi connectivity index (χ4n) is 2.96. The SMILES string of the molecule is CC[C@H](C(=O)Nc1ccccc1OC)N(c1cc([N+](=O)[O-])ccc1OC)S(C)(=O)=O. The number of anilines is 2. The van der Waals surface area contributed by atoms with Crippen LogP contribution in [-0.2, 0) is 14.8 Å². The summed E-state index contributed by atoms with van der Waals surface area (Å²) in [6.07, 6.45) is 1.02. The molecule has 0 aliphatic heterocycles. The molecule has 0 bridgehead atoms. The second-order valence-corrected chi connectivity index (χ2v) is 8.15. The van der Waals surface area contributed by atoms with Gasteiger partial charge in [-0.3, -0.25) is 19.2 Å². The van der Waals surface area contributed by atoms with Gasteiger partial charge in [-0.15, -0.1) is 0 Å². The Hall–Kier alpha value is -3.34. The molecule has 11 heteroatoms. The van der Waals surface area contributed by atoms with Crippen LogP contribution in [0.2, 0.25) is 0 Å². The normalized spacial score (nSPS) is 12.0. The summed E-state index contributed by atoms with van der Waals surface area (Å²) >= 11 is 0. The van der Waals surface area contributed by atoms with Crippen LogP contribution in [0.25, 0.3) is 0 Å². The molecule has 0 aliphatic rings. The van der Waals surface area contributed by atoms with Crippen molar-refractivity contribution in [3.8, 4) is 11.5 Å². The Morgan fingerprint density at radius 1 is 1.17 bits per heavy atom. The van der Waals surface area contributed by atoms with Gasteiger partial charge in [0.1, 0.15) is 23.2 Å². The molecule has 0 unspecified atom stereocenters. The zero-order valence-electron chi connectivity index (χ0n) is 17.0. The van der Waals surface area contributed by atoms with Crippen LogP contribution >= 0.6 is 0 Å². The summed E-state index contributed by atoms with van der Waals surface area (Å²) in [6, 6.07) is 9.03. The number of benzene rings is 2. The Kier molecular flexibility index (Phi) is 7.22. The highest BCUT2D eigenvalue weighted by molar-refractivity contribution is 7.92. The monoisotopic (exact) mass is 437 g/mol. The molecule has 0 saturated heterocycles. The van der Waals surface area contributed by atoms with Crippen LogP contribution in [0.15, 0.2) is 42.5 Å². The topological polar surface area (TPSA) is 128 Å². The van der Waals surface area contributed by atoms with Crippen LogP contribution in [0.3, 0.4) is 0 Å². The Balaban J connectivity index is 2.56. The Labute approximate surface area is 174 Å². The molecule has 1 N–H and O–H groups in total. The van der Waals surface area contributed by atoms with E-state index in [1.807, 2.05) is 0 Å². The van der Waals surface area contributed by atoms with E-state index >= 15 is 0 Å². The summed E-state index contributed by atoms with van der Waals surface area (Å²) in [6.45, 7) is 1.63. The van der Waals surface area contributed by atoms with Gasteiger partial charge in [0.2, 0.25) is 15.9 Å². The number of nitro groups is 1. The highest BCUT2D eigenvalue weighted by Gasteiger charge is 2.34. The third-order valence-electron chi connectivity index (χ3n) is 4.31. The molecule has 0 aliphatic carbocycles. The molecule has 0 spiro atoms. The quantitative estimate of drug-likeness (QED) is 0.472. The zero-order valence-corrected chi connectivity index (χ0v) is 17.8. The summed E-state index contributed by atoms with van der Waals surface area (Å²) in [5.74, 6) is -0.143. The van der Waals surface area contributed by atoms with E-state index in [0.717, 1.165) is 16.6 Å². The molecule has 0 heterocycles. The van der Waals surface area contributed by atoms with Gasteiger partial charge in [-0.1, -0.05) is 19.1 Å². The Morgan fingerprint density at radius 3 is 2.33 bits per heavy atom. The van der Waals surface area contributed by atoms with Crippen LogP contribution < -0.4 is 19.1 Å². The minimum atomic E-state index is -4.02. The van der Waals surface area contributed by atoms with Crippen molar-refractivity contribution >= 4 is 33.0 Å². The third-order valence-corrected chi connectivity index (χ3v) is 5.47. The van der Waals surface area contributed by atoms with Crippen molar-refractivity contribution < 1.29 is 27.6 Å². The maximum Gasteiger partial charge on any atom is 0.271 e. The maximum atomic E-state index is 13.0. The predicted molar refractivity (Wildman–Crippen MR) is 113 cm³/mol. The first-order chi connectivity index (χ1) is 14.1. The average molecular weight is 437 g/mol. The predicted octanol–water partition coefficient (Wildman–Crippen LogP) is 2.80. The number of methoxy groups -OCH3 is 2. The molecule has 1 amide bonds. The van der Waals surface area contributed by atoms with Crippen LogP contribution in [0.1, 0.15) is 13.3 Å². The fourth-order valence-corrected chi connectivity index (χ4v) is 4.17. The molecule has 2 rings (SSSR count). The molecule has 2 aromatic carbocycles. The molecule has 30 heavy (non-hydrogen) atoms. The lowest BCUT2D eigenvalue weighted by Crippen LogP contribution is -2.47. The minimum absolute atomic E-state index is 0.0783. The van der Waals surface area contributed by atoms with Gasteiger partial charge in [-0.2, -0.15) is 0 Å². The molecule has 0 saturated carbocycles. The molecule has 0 radical (unpaired) electrons. The number of nitrogens with one attached hydrogen (secondary N) is 1. The van der Waals surface area contributed by atoms with Gasteiger partial charge in [-0.25, -0.2) is 8.42 Å². The lowest BCUT2D eigenvalue weighted by molar-refractivity contribution is -0.384. The van der Waals surface area contributed by atoms with Crippen molar-refractivity contribution in [3.63, 3.8) is 0 Å². The zero-order chi connectivity index (χ0) is 22.5. The van der Waals surface area contributed by atoms with Crippen LogP contribution in [0.5, 0.6) is 11.5 Å². The summed E-state index contributed by atoms with van der Waals surface area (Å²) in [5, 5.41) is 13.9. The van der Waals surface area contributed by atoms with Crippen molar-refractivity contribution in [3.05, 3.63) is 52.6 Å². The molecule has 1 atom stereocenters. The van der Waals surface area contributed by atoms with Crippen LogP contribution in [-0.4, -0.2) is 45.8 Å². The number of nitro benzene ring substituents is 1. The largest absolute Gasteiger partial charge is 0.495 e. The van der Waals surface area contributed by atoms with Gasteiger partial charge in [0.05, 0.1) is 31.1 Å². The highest BCUT2D eigenvalue weighted by atomic mass is 32.2. The van der Waals surface area contributed by atoms with Gasteiger partial charge in [-0.05, 0) is 24.6 Å². The van der Waals surface area contributed by atoms with Crippen molar-refractivity contribution in [1.29, 1.82) is 0 Å². The Bertz CT molecular complexity index is 1040. The van der Waals surface area contributed by atoms with Crippen LogP contribution in [0.4, 0.5) is 17.1 Å². The number of sulfonamides is 1. The second kappa shape index (κ2) is 9.44. The minimum Gasteiger partial charge on any atom is -0.495 e. The van der Waals surface area contributed by atoms with E-state index in [4.69, 9.17) is 9.47 Å². The number of para-hydroxylation sites is 2. The van der Waals surface area contributed by atoms with E-state index in [2.05, 4.69) is 5.32 Å². The number of rotatable bonds is 9. The molecular formula is C19H23N3O7S. The molecule has 0 fully saturated rings. The van der Waals surface area contributed by atoms with Gasteiger partial charge < -0.3 is 14.8 Å². The number of hydrogen-bond acceptors (Lipinski definition) is 7. The average Bonchev–Trinajstić information content (AvgIpc) is 2.70. The van der Waals surface area contributed by atoms with Crippen molar-refractivity contribution in [2.24, 2.45) is 0 Å². The maximum absolute atomic E-state index is 13.0. The van der Waals surface area contributed by atoms with E-state index in [1.165, 1.54) is 26.4 Å². The van der Waals surface area contributed by atoms with Gasteiger partial charge in [0.25, 0.3) is 5.69 Å². The number of carbonyl (C=O) groups excluding carboxylic acids is 1. The van der Waals surface area contributed by atoms with E-state index < -0.39 is 26.9 Å². The molecule has 162 valence electrons. The lowest BCUT2D eigenvalue weighted by atomic mass is 10.1. The van der Waals surface area contributed by atoms with E-state index in [0.29, 0.717) is 11.4 Å². The van der Waals surface area contributed by atoms with E-state index in [9.17, 15) is 23.3 Å². The molecule has 2 aromatic rings. The number of amides is 1. The second-order valence-electron chi connectivity index (χ2n) is 6.29. The van der Waals surface area contributed by atoms with Gasteiger partial charge >= 0.3 is 0 Å². The van der Waals surface area contributed by atoms with E-state index in [1.54, 1.807) is 31.2 Å². The first kappa shape index (κ1) is 22.9. The number of non-ortho nitro benzene ring substituents is 1. The number of hydrogen-bond donors (Lipinski definition) is 1. The Morgan fingerprint density at radius 2 is 1.80 bits per heavy atom. The van der Waals surface area contributed by atoms with Gasteiger partial charge in [0, 0.05) is 12.1 Å². The summed E-state index contributed by atoms with van der Waals surface area (Å²) < 4.78 is 36.6. The van der Waals surface area contributed by atoms with E-state index in [-0.39, 0.29) is 23.5 Å². The summed E-state index contributed by atoms with van der Waals surface area (Å²) in [7, 11) is -1.27. The third kappa shape index (κ3) is 4.98. The smallest absolute Gasteiger partial charge is 0.271 e. The van der Waals surface area contributed by atoms with Gasteiger partial charge in [0.15, 0.2) is 0 Å². The molecule has 10 nitrogen and oxygen atoms in total. The number of carbonyl (C=O) groups is 1. The highest BCUT2D eigenvalue weighted by Crippen LogP contribution is 2.36. The van der Waals surface area contributed by atoms with Crippen molar-refractivity contribution in [2.45, 2.75) is 19.4 Å². The first-order valence-electron chi connectivity index (χ1n) is 8.89. The molecule has 0 aromatic heterocycles. The fraction of sp³-hybridized carbons (Fsp3) is 0.316. The number of ether oxygens (including phenoxy) is 2. The lowest BCUT2D eigenvalue weighted by Gasteiger charge is -2.31. The first-order valence-corrected chi connectivity index (χ1v) is 10.7. The standard InChI is InChI=1S/C19H23N3O7S/c1-5-15(19(23)20-14-8-6-7-9-17(14)28-2)21(30(4,26)27)16-12-13(22(24)25)10-11-18(16)29-3/h6-12,15H,5H2,1-4H3,(H,20,23)/t15-/m1/s1.